The number of carbonyl (C=O) groups excluding carboxylic acids is 1. The monoisotopic (exact) mass is 252 g/mol. The maximum Gasteiger partial charge on any atom is 0.401 e. The van der Waals surface area contributed by atoms with Crippen LogP contribution in [0.2, 0.25) is 0 Å². The molecular weight excluding hydrogens is 233 g/mol. The fourth-order valence-electron chi connectivity index (χ4n) is 2.10. The zero-order valence-corrected chi connectivity index (χ0v) is 9.78. The molecule has 0 spiro atoms. The standard InChI is InChI=1S/C11H19F3N2O/c12-11(13,14)8-15-7-10(17)16-6-5-9-3-1-2-4-9/h9,15H,1-8H2,(H,16,17). The number of alkyl halides is 3. The lowest BCUT2D eigenvalue weighted by molar-refractivity contribution is -0.128. The van der Waals surface area contributed by atoms with Gasteiger partial charge in [0.15, 0.2) is 0 Å². The third-order valence-electron chi connectivity index (χ3n) is 2.96. The highest BCUT2D eigenvalue weighted by atomic mass is 19.4. The van der Waals surface area contributed by atoms with Crippen molar-refractivity contribution < 1.29 is 18.0 Å². The van der Waals surface area contributed by atoms with E-state index in [1.807, 2.05) is 0 Å². The Bertz CT molecular complexity index is 237. The first-order chi connectivity index (χ1) is 7.97. The number of rotatable bonds is 6. The summed E-state index contributed by atoms with van der Waals surface area (Å²) in [5.41, 5.74) is 0. The van der Waals surface area contributed by atoms with Gasteiger partial charge in [-0.3, -0.25) is 4.79 Å². The maximum atomic E-state index is 11.8. The molecule has 0 atom stereocenters. The number of amides is 1. The largest absolute Gasteiger partial charge is 0.401 e. The van der Waals surface area contributed by atoms with Gasteiger partial charge in [-0.05, 0) is 12.3 Å². The molecule has 2 N–H and O–H groups in total. The highest BCUT2D eigenvalue weighted by Gasteiger charge is 2.26. The number of halogens is 3. The van der Waals surface area contributed by atoms with Gasteiger partial charge in [0.1, 0.15) is 0 Å². The number of hydrogen-bond donors (Lipinski definition) is 2. The van der Waals surface area contributed by atoms with Gasteiger partial charge < -0.3 is 10.6 Å². The van der Waals surface area contributed by atoms with Crippen LogP contribution in [0.5, 0.6) is 0 Å². The van der Waals surface area contributed by atoms with E-state index in [1.54, 1.807) is 0 Å². The van der Waals surface area contributed by atoms with Crippen LogP contribution in [0.4, 0.5) is 13.2 Å². The fourth-order valence-corrected chi connectivity index (χ4v) is 2.10. The van der Waals surface area contributed by atoms with Crippen molar-refractivity contribution in [3.05, 3.63) is 0 Å². The lowest BCUT2D eigenvalue weighted by Crippen LogP contribution is -2.38. The van der Waals surface area contributed by atoms with Crippen molar-refractivity contribution in [1.82, 2.24) is 10.6 Å². The molecule has 1 saturated carbocycles. The van der Waals surface area contributed by atoms with Crippen molar-refractivity contribution >= 4 is 5.91 Å². The minimum Gasteiger partial charge on any atom is -0.355 e. The van der Waals surface area contributed by atoms with Gasteiger partial charge in [-0.25, -0.2) is 0 Å². The van der Waals surface area contributed by atoms with E-state index in [9.17, 15) is 18.0 Å². The molecule has 1 aliphatic rings. The Balaban J connectivity index is 1.97. The first-order valence-corrected chi connectivity index (χ1v) is 6.01. The Morgan fingerprint density at radius 3 is 2.47 bits per heavy atom. The third-order valence-corrected chi connectivity index (χ3v) is 2.96. The molecule has 0 heterocycles. The maximum absolute atomic E-state index is 11.8. The molecule has 1 rings (SSSR count). The molecular formula is C11H19F3N2O. The summed E-state index contributed by atoms with van der Waals surface area (Å²) in [5.74, 6) is 0.311. The van der Waals surface area contributed by atoms with E-state index in [0.29, 0.717) is 12.5 Å². The van der Waals surface area contributed by atoms with Crippen LogP contribution < -0.4 is 10.6 Å². The average Bonchev–Trinajstić information content (AvgIpc) is 2.68. The quantitative estimate of drug-likeness (QED) is 0.757. The van der Waals surface area contributed by atoms with E-state index < -0.39 is 12.7 Å². The summed E-state index contributed by atoms with van der Waals surface area (Å²) in [6, 6.07) is 0. The van der Waals surface area contributed by atoms with Crippen LogP contribution >= 0.6 is 0 Å². The van der Waals surface area contributed by atoms with Crippen LogP contribution in [0.3, 0.4) is 0 Å². The summed E-state index contributed by atoms with van der Waals surface area (Å²) in [6.07, 6.45) is 1.61. The predicted octanol–water partition coefficient (Wildman–Crippen LogP) is 1.83. The molecule has 17 heavy (non-hydrogen) atoms. The number of nitrogens with one attached hydrogen (secondary N) is 2. The normalized spacial score (nSPS) is 17.4. The molecule has 0 saturated heterocycles. The number of carbonyl (C=O) groups is 1. The van der Waals surface area contributed by atoms with Crippen molar-refractivity contribution in [2.24, 2.45) is 5.92 Å². The minimum absolute atomic E-state index is 0.274. The van der Waals surface area contributed by atoms with Crippen molar-refractivity contribution in [2.45, 2.75) is 38.3 Å². The summed E-state index contributed by atoms with van der Waals surface area (Å²) >= 11 is 0. The van der Waals surface area contributed by atoms with Gasteiger partial charge in [-0.2, -0.15) is 13.2 Å². The molecule has 3 nitrogen and oxygen atoms in total. The molecule has 0 aliphatic heterocycles. The lowest BCUT2D eigenvalue weighted by Gasteiger charge is -2.11. The average molecular weight is 252 g/mol. The summed E-state index contributed by atoms with van der Waals surface area (Å²) in [5, 5.41) is 4.69. The van der Waals surface area contributed by atoms with E-state index >= 15 is 0 Å². The molecule has 0 radical (unpaired) electrons. The van der Waals surface area contributed by atoms with E-state index in [2.05, 4.69) is 10.6 Å². The van der Waals surface area contributed by atoms with E-state index in [0.717, 1.165) is 6.42 Å². The Hall–Kier alpha value is -0.780. The molecule has 0 unspecified atom stereocenters. The van der Waals surface area contributed by atoms with Gasteiger partial charge in [0.25, 0.3) is 0 Å². The Kier molecular flexibility index (Phi) is 5.74. The van der Waals surface area contributed by atoms with Crippen LogP contribution in [-0.2, 0) is 4.79 Å². The summed E-state index contributed by atoms with van der Waals surface area (Å²) < 4.78 is 35.3. The molecule has 0 aromatic carbocycles. The second-order valence-electron chi connectivity index (χ2n) is 4.51. The summed E-state index contributed by atoms with van der Waals surface area (Å²) in [4.78, 5) is 11.2. The van der Waals surface area contributed by atoms with Gasteiger partial charge in [0.2, 0.25) is 5.91 Å². The Morgan fingerprint density at radius 2 is 1.88 bits per heavy atom. The highest BCUT2D eigenvalue weighted by Crippen LogP contribution is 2.26. The predicted molar refractivity (Wildman–Crippen MR) is 58.5 cm³/mol. The second kappa shape index (κ2) is 6.83. The van der Waals surface area contributed by atoms with Crippen molar-refractivity contribution in [2.75, 3.05) is 19.6 Å². The Labute approximate surface area is 99.1 Å². The zero-order chi connectivity index (χ0) is 12.7. The van der Waals surface area contributed by atoms with E-state index in [1.165, 1.54) is 25.7 Å². The summed E-state index contributed by atoms with van der Waals surface area (Å²) in [6.45, 7) is -0.829. The second-order valence-corrected chi connectivity index (χ2v) is 4.51. The SMILES string of the molecule is O=C(CNCC(F)(F)F)NCCC1CCCC1. The van der Waals surface area contributed by atoms with Crippen LogP contribution in [0.25, 0.3) is 0 Å². The molecule has 1 amide bonds. The van der Waals surface area contributed by atoms with Crippen LogP contribution in [0, 0.1) is 5.92 Å². The smallest absolute Gasteiger partial charge is 0.355 e. The highest BCUT2D eigenvalue weighted by molar-refractivity contribution is 5.77. The van der Waals surface area contributed by atoms with Gasteiger partial charge in [-0.1, -0.05) is 25.7 Å². The molecule has 0 bridgehead atoms. The van der Waals surface area contributed by atoms with E-state index in [4.69, 9.17) is 0 Å². The van der Waals surface area contributed by atoms with Gasteiger partial charge in [0, 0.05) is 6.54 Å². The van der Waals surface area contributed by atoms with E-state index in [-0.39, 0.29) is 12.5 Å². The number of hydrogen-bond acceptors (Lipinski definition) is 2. The molecule has 1 fully saturated rings. The van der Waals surface area contributed by atoms with Crippen LogP contribution in [-0.4, -0.2) is 31.7 Å². The molecule has 0 aromatic rings. The third kappa shape index (κ3) is 7.20. The Morgan fingerprint density at radius 1 is 1.24 bits per heavy atom. The molecule has 1 aliphatic carbocycles. The lowest BCUT2D eigenvalue weighted by atomic mass is 10.0. The molecule has 6 heteroatoms. The minimum atomic E-state index is -4.26. The molecule has 100 valence electrons. The van der Waals surface area contributed by atoms with Crippen LogP contribution in [0.1, 0.15) is 32.1 Å². The van der Waals surface area contributed by atoms with Crippen molar-refractivity contribution in [3.63, 3.8) is 0 Å². The zero-order valence-electron chi connectivity index (χ0n) is 9.78. The topological polar surface area (TPSA) is 41.1 Å². The fraction of sp³-hybridized carbons (Fsp3) is 0.909. The molecule has 0 aromatic heterocycles. The van der Waals surface area contributed by atoms with Gasteiger partial charge in [-0.15, -0.1) is 0 Å². The van der Waals surface area contributed by atoms with Crippen molar-refractivity contribution in [3.8, 4) is 0 Å². The first kappa shape index (κ1) is 14.3. The van der Waals surface area contributed by atoms with Gasteiger partial charge >= 0.3 is 6.18 Å². The van der Waals surface area contributed by atoms with Crippen LogP contribution in [0.15, 0.2) is 0 Å². The van der Waals surface area contributed by atoms with Crippen molar-refractivity contribution in [1.29, 1.82) is 0 Å². The summed E-state index contributed by atoms with van der Waals surface area (Å²) in [7, 11) is 0. The first-order valence-electron chi connectivity index (χ1n) is 6.01. The van der Waals surface area contributed by atoms with Gasteiger partial charge in [0.05, 0.1) is 13.1 Å².